The molecule has 0 heterocycles. The zero-order valence-corrected chi connectivity index (χ0v) is 12.7. The van der Waals surface area contributed by atoms with Crippen molar-refractivity contribution in [2.45, 2.75) is 6.10 Å². The van der Waals surface area contributed by atoms with E-state index in [4.69, 9.17) is 0 Å². The molecule has 2 aromatic rings. The fraction of sp³-hybridized carbons (Fsp3) is 0.200. The molecule has 0 saturated heterocycles. The minimum absolute atomic E-state index is 0.123. The van der Waals surface area contributed by atoms with Gasteiger partial charge in [-0.3, -0.25) is 0 Å². The summed E-state index contributed by atoms with van der Waals surface area (Å²) in [6.45, 7) is 0. The van der Waals surface area contributed by atoms with Crippen molar-refractivity contribution in [2.24, 2.45) is 0 Å². The number of rotatable bonds is 3. The number of hydrogen-bond acceptors (Lipinski definition) is 2. The minimum Gasteiger partial charge on any atom is -0.383 e. The van der Waals surface area contributed by atoms with Crippen LogP contribution in [0.3, 0.4) is 0 Å². The van der Waals surface area contributed by atoms with Crippen LogP contribution in [0.25, 0.3) is 0 Å². The minimum atomic E-state index is -1.34. The van der Waals surface area contributed by atoms with E-state index in [2.05, 4.69) is 15.9 Å². The lowest BCUT2D eigenvalue weighted by Gasteiger charge is -2.16. The van der Waals surface area contributed by atoms with Crippen LogP contribution in [0.2, 0.25) is 0 Å². The van der Waals surface area contributed by atoms with E-state index in [0.29, 0.717) is 5.56 Å². The van der Waals surface area contributed by atoms with Crippen LogP contribution < -0.4 is 4.90 Å². The first-order valence-corrected chi connectivity index (χ1v) is 6.80. The molecule has 0 fully saturated rings. The number of anilines is 1. The van der Waals surface area contributed by atoms with E-state index < -0.39 is 17.7 Å². The van der Waals surface area contributed by atoms with Gasteiger partial charge in [-0.2, -0.15) is 0 Å². The van der Waals surface area contributed by atoms with E-state index in [1.165, 1.54) is 6.07 Å². The summed E-state index contributed by atoms with van der Waals surface area (Å²) in [6.07, 6.45) is -1.34. The predicted octanol–water partition coefficient (Wildman–Crippen LogP) is 3.88. The van der Waals surface area contributed by atoms with Crippen molar-refractivity contribution in [3.63, 3.8) is 0 Å². The Bertz CT molecular complexity index is 614. The Hall–Kier alpha value is -1.46. The van der Waals surface area contributed by atoms with Crippen molar-refractivity contribution in [1.29, 1.82) is 0 Å². The van der Waals surface area contributed by atoms with Crippen LogP contribution in [0.5, 0.6) is 0 Å². The molecular weight excluding hydrogens is 328 g/mol. The summed E-state index contributed by atoms with van der Waals surface area (Å²) in [5.74, 6) is -1.55. The number of aliphatic hydroxyl groups is 1. The average Bonchev–Trinajstić information content (AvgIpc) is 2.43. The number of benzene rings is 2. The molecule has 5 heteroatoms. The summed E-state index contributed by atoms with van der Waals surface area (Å²) in [5, 5.41) is 10.2. The monoisotopic (exact) mass is 341 g/mol. The SMILES string of the molecule is CN(C)c1ccc(C(O)c2c(F)ccc(Br)c2F)cc1. The van der Waals surface area contributed by atoms with Crippen molar-refractivity contribution in [3.05, 3.63) is 63.6 Å². The van der Waals surface area contributed by atoms with Gasteiger partial charge >= 0.3 is 0 Å². The molecule has 106 valence electrons. The van der Waals surface area contributed by atoms with Gasteiger partial charge in [-0.05, 0) is 45.8 Å². The third kappa shape index (κ3) is 2.83. The molecule has 0 spiro atoms. The largest absolute Gasteiger partial charge is 0.383 e. The van der Waals surface area contributed by atoms with E-state index >= 15 is 0 Å². The topological polar surface area (TPSA) is 23.5 Å². The third-order valence-corrected chi connectivity index (χ3v) is 3.69. The molecule has 1 N–H and O–H groups in total. The third-order valence-electron chi connectivity index (χ3n) is 3.08. The van der Waals surface area contributed by atoms with Gasteiger partial charge in [0.2, 0.25) is 0 Å². The van der Waals surface area contributed by atoms with Gasteiger partial charge in [0.15, 0.2) is 0 Å². The molecule has 0 saturated carbocycles. The molecule has 0 aliphatic rings. The van der Waals surface area contributed by atoms with E-state index in [9.17, 15) is 13.9 Å². The molecule has 2 nitrogen and oxygen atoms in total. The second kappa shape index (κ2) is 5.89. The highest BCUT2D eigenvalue weighted by atomic mass is 79.9. The van der Waals surface area contributed by atoms with Crippen molar-refractivity contribution >= 4 is 21.6 Å². The van der Waals surface area contributed by atoms with E-state index in [1.807, 2.05) is 19.0 Å². The second-order valence-corrected chi connectivity index (χ2v) is 5.50. The maximum absolute atomic E-state index is 14.0. The summed E-state index contributed by atoms with van der Waals surface area (Å²) in [5.41, 5.74) is 1.03. The first kappa shape index (κ1) is 14.9. The molecular formula is C15H14BrF2NO. The van der Waals surface area contributed by atoms with Crippen molar-refractivity contribution in [3.8, 4) is 0 Å². The molecule has 2 aromatic carbocycles. The average molecular weight is 342 g/mol. The van der Waals surface area contributed by atoms with Crippen LogP contribution in [-0.4, -0.2) is 19.2 Å². The second-order valence-electron chi connectivity index (χ2n) is 4.65. The number of nitrogens with zero attached hydrogens (tertiary/aromatic N) is 1. The van der Waals surface area contributed by atoms with E-state index in [-0.39, 0.29) is 10.0 Å². The van der Waals surface area contributed by atoms with Crippen LogP contribution in [0.4, 0.5) is 14.5 Å². The van der Waals surface area contributed by atoms with E-state index in [1.54, 1.807) is 24.3 Å². The van der Waals surface area contributed by atoms with Crippen LogP contribution in [0, 0.1) is 11.6 Å². The quantitative estimate of drug-likeness (QED) is 0.856. The normalized spacial score (nSPS) is 12.3. The highest BCUT2D eigenvalue weighted by Crippen LogP contribution is 2.31. The lowest BCUT2D eigenvalue weighted by molar-refractivity contribution is 0.209. The summed E-state index contributed by atoms with van der Waals surface area (Å²) in [7, 11) is 3.78. The number of aliphatic hydroxyl groups excluding tert-OH is 1. The first-order chi connectivity index (χ1) is 9.41. The molecule has 0 aliphatic heterocycles. The Balaban J connectivity index is 2.41. The van der Waals surface area contributed by atoms with Gasteiger partial charge < -0.3 is 10.0 Å². The van der Waals surface area contributed by atoms with Crippen molar-refractivity contribution in [2.75, 3.05) is 19.0 Å². The Morgan fingerprint density at radius 1 is 1.05 bits per heavy atom. The van der Waals surface area contributed by atoms with Gasteiger partial charge in [-0.15, -0.1) is 0 Å². The molecule has 0 aromatic heterocycles. The summed E-state index contributed by atoms with van der Waals surface area (Å²) < 4.78 is 27.8. The van der Waals surface area contributed by atoms with E-state index in [0.717, 1.165) is 11.8 Å². The fourth-order valence-corrected chi connectivity index (χ4v) is 2.26. The van der Waals surface area contributed by atoms with Crippen molar-refractivity contribution in [1.82, 2.24) is 0 Å². The zero-order valence-electron chi connectivity index (χ0n) is 11.1. The maximum Gasteiger partial charge on any atom is 0.146 e. The highest BCUT2D eigenvalue weighted by molar-refractivity contribution is 9.10. The van der Waals surface area contributed by atoms with Gasteiger partial charge in [-0.1, -0.05) is 12.1 Å². The van der Waals surface area contributed by atoms with Gasteiger partial charge in [-0.25, -0.2) is 8.78 Å². The summed E-state index contributed by atoms with van der Waals surface area (Å²) >= 11 is 2.99. The van der Waals surface area contributed by atoms with Gasteiger partial charge in [0.25, 0.3) is 0 Å². The maximum atomic E-state index is 14.0. The molecule has 1 atom stereocenters. The first-order valence-electron chi connectivity index (χ1n) is 6.00. The Kier molecular flexibility index (Phi) is 4.40. The van der Waals surface area contributed by atoms with Gasteiger partial charge in [0, 0.05) is 19.8 Å². The van der Waals surface area contributed by atoms with Crippen molar-refractivity contribution < 1.29 is 13.9 Å². The lowest BCUT2D eigenvalue weighted by Crippen LogP contribution is -2.10. The highest BCUT2D eigenvalue weighted by Gasteiger charge is 2.21. The smallest absolute Gasteiger partial charge is 0.146 e. The fourth-order valence-electron chi connectivity index (χ4n) is 1.91. The van der Waals surface area contributed by atoms with Gasteiger partial charge in [0.05, 0.1) is 10.0 Å². The number of halogens is 3. The Labute approximate surface area is 124 Å². The molecule has 0 bridgehead atoms. The van der Waals surface area contributed by atoms with Gasteiger partial charge in [0.1, 0.15) is 17.7 Å². The predicted molar refractivity (Wildman–Crippen MR) is 78.9 cm³/mol. The Morgan fingerprint density at radius 2 is 1.65 bits per heavy atom. The molecule has 20 heavy (non-hydrogen) atoms. The standard InChI is InChI=1S/C15H14BrF2NO/c1-19(2)10-5-3-9(4-6-10)15(20)13-12(17)8-7-11(16)14(13)18/h3-8,15,20H,1-2H3. The summed E-state index contributed by atoms with van der Waals surface area (Å²) in [6, 6.07) is 9.27. The van der Waals surface area contributed by atoms with Crippen LogP contribution in [0.15, 0.2) is 40.9 Å². The number of hydrogen-bond donors (Lipinski definition) is 1. The molecule has 1 unspecified atom stereocenters. The molecule has 0 aliphatic carbocycles. The lowest BCUT2D eigenvalue weighted by atomic mass is 10.00. The van der Waals surface area contributed by atoms with Crippen LogP contribution >= 0.6 is 15.9 Å². The molecule has 0 radical (unpaired) electrons. The molecule has 0 amide bonds. The van der Waals surface area contributed by atoms with Crippen LogP contribution in [-0.2, 0) is 0 Å². The zero-order chi connectivity index (χ0) is 14.9. The van der Waals surface area contributed by atoms with Crippen LogP contribution in [0.1, 0.15) is 17.2 Å². The summed E-state index contributed by atoms with van der Waals surface area (Å²) in [4.78, 5) is 1.90. The Morgan fingerprint density at radius 3 is 2.20 bits per heavy atom. The molecule has 2 rings (SSSR count).